The van der Waals surface area contributed by atoms with Crippen molar-refractivity contribution in [1.29, 1.82) is 0 Å². The number of urea groups is 1. The molecule has 0 aliphatic heterocycles. The number of carbonyl (C=O) groups is 1. The lowest BCUT2D eigenvalue weighted by Crippen LogP contribution is -2.40. The van der Waals surface area contributed by atoms with Gasteiger partial charge in [0.05, 0.1) is 12.2 Å². The molecule has 1 aromatic heterocycles. The Labute approximate surface area is 151 Å². The number of nitrogens with one attached hydrogen (secondary N) is 1. The normalized spacial score (nSPS) is 10.9. The summed E-state index contributed by atoms with van der Waals surface area (Å²) in [7, 11) is 0. The maximum atomic E-state index is 13.8. The highest BCUT2D eigenvalue weighted by atomic mass is 32.1. The summed E-state index contributed by atoms with van der Waals surface area (Å²) in [5.41, 5.74) is -0.0228. The predicted molar refractivity (Wildman–Crippen MR) is 97.9 cm³/mol. The second-order valence-electron chi connectivity index (χ2n) is 5.58. The van der Waals surface area contributed by atoms with Crippen molar-refractivity contribution in [1.82, 2.24) is 9.80 Å². The van der Waals surface area contributed by atoms with Gasteiger partial charge >= 0.3 is 6.03 Å². The van der Waals surface area contributed by atoms with E-state index in [-0.39, 0.29) is 5.69 Å². The monoisotopic (exact) mass is 367 g/mol. The summed E-state index contributed by atoms with van der Waals surface area (Å²) in [4.78, 5) is 17.5. The SMILES string of the molecule is CCN(CC)CCN(Cc1cccs1)C(=O)Nc1ccc(F)cc1F. The summed E-state index contributed by atoms with van der Waals surface area (Å²) in [5.74, 6) is -1.46. The molecular formula is C18H23F2N3OS. The minimum Gasteiger partial charge on any atom is -0.318 e. The summed E-state index contributed by atoms with van der Waals surface area (Å²) in [5, 5.41) is 4.49. The fourth-order valence-electron chi connectivity index (χ4n) is 2.43. The van der Waals surface area contributed by atoms with E-state index in [1.54, 1.807) is 16.2 Å². The van der Waals surface area contributed by atoms with Gasteiger partial charge in [0.1, 0.15) is 11.6 Å². The van der Waals surface area contributed by atoms with Crippen LogP contribution in [0.1, 0.15) is 18.7 Å². The van der Waals surface area contributed by atoms with Crippen LogP contribution < -0.4 is 5.32 Å². The number of nitrogens with zero attached hydrogens (tertiary/aromatic N) is 2. The van der Waals surface area contributed by atoms with Gasteiger partial charge in [0.25, 0.3) is 0 Å². The molecule has 1 aromatic carbocycles. The lowest BCUT2D eigenvalue weighted by atomic mass is 10.3. The van der Waals surface area contributed by atoms with E-state index in [9.17, 15) is 13.6 Å². The van der Waals surface area contributed by atoms with Crippen LogP contribution in [0.25, 0.3) is 0 Å². The summed E-state index contributed by atoms with van der Waals surface area (Å²) >= 11 is 1.57. The highest BCUT2D eigenvalue weighted by Gasteiger charge is 2.17. The minimum absolute atomic E-state index is 0.0228. The van der Waals surface area contributed by atoms with E-state index in [0.29, 0.717) is 13.1 Å². The molecular weight excluding hydrogens is 344 g/mol. The second kappa shape index (κ2) is 9.48. The van der Waals surface area contributed by atoms with Gasteiger partial charge in [-0.3, -0.25) is 0 Å². The van der Waals surface area contributed by atoms with E-state index in [4.69, 9.17) is 0 Å². The molecule has 25 heavy (non-hydrogen) atoms. The molecule has 2 aromatic rings. The van der Waals surface area contributed by atoms with Crippen LogP contribution in [0, 0.1) is 11.6 Å². The standard InChI is InChI=1S/C18H23F2N3OS/c1-3-22(4-2)9-10-23(13-15-6-5-11-25-15)18(24)21-17-8-7-14(19)12-16(17)20/h5-8,11-12H,3-4,9-10,13H2,1-2H3,(H,21,24). The third-order valence-corrected chi connectivity index (χ3v) is 4.83. The zero-order valence-electron chi connectivity index (χ0n) is 14.5. The van der Waals surface area contributed by atoms with E-state index in [1.807, 2.05) is 17.5 Å². The van der Waals surface area contributed by atoms with Crippen molar-refractivity contribution in [3.63, 3.8) is 0 Å². The van der Waals surface area contributed by atoms with E-state index in [0.717, 1.165) is 36.6 Å². The van der Waals surface area contributed by atoms with Crippen LogP contribution in [-0.4, -0.2) is 42.0 Å². The molecule has 7 heteroatoms. The molecule has 0 saturated carbocycles. The highest BCUT2D eigenvalue weighted by Crippen LogP contribution is 2.17. The number of hydrogen-bond donors (Lipinski definition) is 1. The van der Waals surface area contributed by atoms with Crippen LogP contribution in [0.3, 0.4) is 0 Å². The zero-order valence-corrected chi connectivity index (χ0v) is 15.3. The van der Waals surface area contributed by atoms with E-state index < -0.39 is 17.7 Å². The number of halogens is 2. The van der Waals surface area contributed by atoms with Gasteiger partial charge in [-0.25, -0.2) is 13.6 Å². The molecule has 0 saturated heterocycles. The molecule has 0 aliphatic rings. The van der Waals surface area contributed by atoms with Crippen molar-refractivity contribution in [2.45, 2.75) is 20.4 Å². The molecule has 1 heterocycles. The zero-order chi connectivity index (χ0) is 18.2. The van der Waals surface area contributed by atoms with Crippen molar-refractivity contribution >= 4 is 23.1 Å². The Morgan fingerprint density at radius 3 is 2.52 bits per heavy atom. The molecule has 0 aliphatic carbocycles. The number of benzene rings is 1. The summed E-state index contributed by atoms with van der Waals surface area (Å²) in [6.07, 6.45) is 0. The quantitative estimate of drug-likeness (QED) is 0.750. The first-order valence-corrected chi connectivity index (χ1v) is 9.17. The third-order valence-electron chi connectivity index (χ3n) is 3.97. The van der Waals surface area contributed by atoms with Crippen LogP contribution >= 0.6 is 11.3 Å². The second-order valence-corrected chi connectivity index (χ2v) is 6.61. The van der Waals surface area contributed by atoms with Crippen LogP contribution in [0.5, 0.6) is 0 Å². The van der Waals surface area contributed by atoms with Crippen LogP contribution in [0.15, 0.2) is 35.7 Å². The first-order chi connectivity index (χ1) is 12.0. The Morgan fingerprint density at radius 2 is 1.92 bits per heavy atom. The third kappa shape index (κ3) is 5.79. The molecule has 0 fully saturated rings. The van der Waals surface area contributed by atoms with Gasteiger partial charge in [-0.15, -0.1) is 11.3 Å². The number of thiophene rings is 1. The fourth-order valence-corrected chi connectivity index (χ4v) is 3.15. The first-order valence-electron chi connectivity index (χ1n) is 8.29. The van der Waals surface area contributed by atoms with Crippen molar-refractivity contribution in [2.24, 2.45) is 0 Å². The van der Waals surface area contributed by atoms with Crippen LogP contribution in [0.2, 0.25) is 0 Å². The van der Waals surface area contributed by atoms with Crippen molar-refractivity contribution in [2.75, 3.05) is 31.5 Å². The number of rotatable bonds is 8. The Hall–Kier alpha value is -1.99. The molecule has 2 rings (SSSR count). The lowest BCUT2D eigenvalue weighted by Gasteiger charge is -2.26. The Balaban J connectivity index is 2.08. The topological polar surface area (TPSA) is 35.6 Å². The van der Waals surface area contributed by atoms with Crippen molar-refractivity contribution < 1.29 is 13.6 Å². The first kappa shape index (κ1) is 19.3. The Bertz CT molecular complexity index is 675. The van der Waals surface area contributed by atoms with Gasteiger partial charge < -0.3 is 15.1 Å². The maximum Gasteiger partial charge on any atom is 0.322 e. The highest BCUT2D eigenvalue weighted by molar-refractivity contribution is 7.09. The number of hydrogen-bond acceptors (Lipinski definition) is 3. The average molecular weight is 367 g/mol. The average Bonchev–Trinajstić information content (AvgIpc) is 3.10. The van der Waals surface area contributed by atoms with Gasteiger partial charge in [-0.2, -0.15) is 0 Å². The van der Waals surface area contributed by atoms with Crippen molar-refractivity contribution in [3.05, 3.63) is 52.2 Å². The largest absolute Gasteiger partial charge is 0.322 e. The molecule has 2 amide bonds. The van der Waals surface area contributed by atoms with Gasteiger partial charge in [0.2, 0.25) is 0 Å². The Kier molecular flexibility index (Phi) is 7.33. The van der Waals surface area contributed by atoms with Gasteiger partial charge in [0, 0.05) is 24.0 Å². The minimum atomic E-state index is -0.784. The van der Waals surface area contributed by atoms with E-state index in [2.05, 4.69) is 24.1 Å². The van der Waals surface area contributed by atoms with Crippen LogP contribution in [-0.2, 0) is 6.54 Å². The summed E-state index contributed by atoms with van der Waals surface area (Å²) in [6, 6.07) is 6.61. The molecule has 0 spiro atoms. The molecule has 136 valence electrons. The number of carbonyl (C=O) groups excluding carboxylic acids is 1. The fraction of sp³-hybridized carbons (Fsp3) is 0.389. The van der Waals surface area contributed by atoms with E-state index >= 15 is 0 Å². The maximum absolute atomic E-state index is 13.8. The molecule has 0 unspecified atom stereocenters. The lowest BCUT2D eigenvalue weighted by molar-refractivity contribution is 0.194. The predicted octanol–water partition coefficient (Wildman–Crippen LogP) is 4.40. The number of likely N-dealkylation sites (N-methyl/N-ethyl adjacent to an activating group) is 1. The molecule has 0 atom stereocenters. The van der Waals surface area contributed by atoms with Gasteiger partial charge in [-0.05, 0) is 36.7 Å². The number of anilines is 1. The van der Waals surface area contributed by atoms with Crippen LogP contribution in [0.4, 0.5) is 19.3 Å². The van der Waals surface area contributed by atoms with Gasteiger partial charge in [0.15, 0.2) is 0 Å². The summed E-state index contributed by atoms with van der Waals surface area (Å²) < 4.78 is 26.8. The smallest absolute Gasteiger partial charge is 0.318 e. The Morgan fingerprint density at radius 1 is 1.16 bits per heavy atom. The van der Waals surface area contributed by atoms with E-state index in [1.165, 1.54) is 6.07 Å². The molecule has 1 N–H and O–H groups in total. The summed E-state index contributed by atoms with van der Waals surface area (Å²) in [6.45, 7) is 7.65. The van der Waals surface area contributed by atoms with Gasteiger partial charge in [-0.1, -0.05) is 19.9 Å². The van der Waals surface area contributed by atoms with Crippen molar-refractivity contribution in [3.8, 4) is 0 Å². The molecule has 0 radical (unpaired) electrons. The number of amides is 2. The molecule has 4 nitrogen and oxygen atoms in total. The molecule has 0 bridgehead atoms.